The van der Waals surface area contributed by atoms with Crippen molar-refractivity contribution in [3.8, 4) is 16.1 Å². The third-order valence-electron chi connectivity index (χ3n) is 3.27. The first-order chi connectivity index (χ1) is 9.29. The predicted octanol–water partition coefficient (Wildman–Crippen LogP) is 3.94. The third-order valence-corrected chi connectivity index (χ3v) is 5.92. The van der Waals surface area contributed by atoms with Crippen molar-refractivity contribution in [2.45, 2.75) is 13.3 Å². The number of fused-ring (bicyclic) bond motifs is 1. The van der Waals surface area contributed by atoms with Crippen LogP contribution in [0.2, 0.25) is 0 Å². The van der Waals surface area contributed by atoms with E-state index in [2.05, 4.69) is 61.5 Å². The molecule has 1 nitrogen and oxygen atoms in total. The molecule has 2 aromatic carbocycles. The second kappa shape index (κ2) is 5.05. The molecule has 0 aliphatic rings. The van der Waals surface area contributed by atoms with Gasteiger partial charge in [0.25, 0.3) is 0 Å². The number of hydrogen-bond donors (Lipinski definition) is 0. The van der Waals surface area contributed by atoms with E-state index in [9.17, 15) is 0 Å². The molecule has 0 aliphatic carbocycles. The SMILES string of the molecule is Cc1ccc(-c2[se]c3ccccc3c2CC#N)cc1. The molecule has 0 bridgehead atoms. The normalized spacial score (nSPS) is 10.5. The van der Waals surface area contributed by atoms with Crippen LogP contribution >= 0.6 is 0 Å². The molecule has 3 rings (SSSR count). The Balaban J connectivity index is 2.25. The van der Waals surface area contributed by atoms with Gasteiger partial charge in [-0.05, 0) is 0 Å². The minimum absolute atomic E-state index is 0.317. The Bertz CT molecular complexity index is 760. The van der Waals surface area contributed by atoms with Crippen molar-refractivity contribution in [1.82, 2.24) is 0 Å². The van der Waals surface area contributed by atoms with Crippen LogP contribution in [0.15, 0.2) is 48.5 Å². The molecule has 92 valence electrons. The second-order valence-corrected chi connectivity index (χ2v) is 6.81. The van der Waals surface area contributed by atoms with Crippen LogP contribution in [0, 0.1) is 18.3 Å². The van der Waals surface area contributed by atoms with Gasteiger partial charge in [-0.2, -0.15) is 0 Å². The van der Waals surface area contributed by atoms with E-state index in [1.807, 2.05) is 0 Å². The molecule has 0 aliphatic heterocycles. The first-order valence-electron chi connectivity index (χ1n) is 6.24. The quantitative estimate of drug-likeness (QED) is 0.658. The van der Waals surface area contributed by atoms with Crippen molar-refractivity contribution in [3.63, 3.8) is 0 Å². The zero-order valence-corrected chi connectivity index (χ0v) is 12.4. The van der Waals surface area contributed by atoms with Crippen LogP contribution in [0.4, 0.5) is 0 Å². The van der Waals surface area contributed by atoms with E-state index >= 15 is 0 Å². The summed E-state index contributed by atoms with van der Waals surface area (Å²) in [6, 6.07) is 19.4. The molecule has 0 N–H and O–H groups in total. The Labute approximate surface area is 118 Å². The fraction of sp³-hybridized carbons (Fsp3) is 0.118. The van der Waals surface area contributed by atoms with Crippen molar-refractivity contribution in [3.05, 3.63) is 59.7 Å². The maximum absolute atomic E-state index is 9.08. The van der Waals surface area contributed by atoms with E-state index < -0.39 is 0 Å². The van der Waals surface area contributed by atoms with Crippen LogP contribution in [0.5, 0.6) is 0 Å². The van der Waals surface area contributed by atoms with Gasteiger partial charge < -0.3 is 0 Å². The fourth-order valence-corrected chi connectivity index (χ4v) is 4.87. The Morgan fingerprint density at radius 3 is 2.53 bits per heavy atom. The molecule has 3 aromatic rings. The Morgan fingerprint density at radius 1 is 1.05 bits per heavy atom. The van der Waals surface area contributed by atoms with Crippen molar-refractivity contribution in [2.24, 2.45) is 0 Å². The molecule has 2 heteroatoms. The van der Waals surface area contributed by atoms with Gasteiger partial charge in [-0.3, -0.25) is 0 Å². The summed E-state index contributed by atoms with van der Waals surface area (Å²) < 4.78 is 2.77. The molecule has 19 heavy (non-hydrogen) atoms. The number of nitriles is 1. The van der Waals surface area contributed by atoms with Gasteiger partial charge in [0.2, 0.25) is 0 Å². The summed E-state index contributed by atoms with van der Waals surface area (Å²) in [5, 5.41) is 10.4. The number of benzene rings is 2. The summed E-state index contributed by atoms with van der Waals surface area (Å²) in [6.45, 7) is 2.10. The molecule has 0 amide bonds. The van der Waals surface area contributed by atoms with Gasteiger partial charge in [-0.25, -0.2) is 0 Å². The van der Waals surface area contributed by atoms with Crippen LogP contribution in [0.3, 0.4) is 0 Å². The van der Waals surface area contributed by atoms with Gasteiger partial charge in [0, 0.05) is 0 Å². The zero-order chi connectivity index (χ0) is 13.2. The average Bonchev–Trinajstić information content (AvgIpc) is 2.79. The van der Waals surface area contributed by atoms with Gasteiger partial charge in [-0.1, -0.05) is 0 Å². The Morgan fingerprint density at radius 2 is 1.79 bits per heavy atom. The first kappa shape index (κ1) is 12.2. The van der Waals surface area contributed by atoms with Crippen LogP contribution in [-0.4, -0.2) is 14.5 Å². The van der Waals surface area contributed by atoms with Crippen LogP contribution in [-0.2, 0) is 6.42 Å². The average molecular weight is 310 g/mol. The van der Waals surface area contributed by atoms with Crippen molar-refractivity contribution in [2.75, 3.05) is 0 Å². The molecule has 0 spiro atoms. The Hall–Kier alpha value is -1.81. The fourth-order valence-electron chi connectivity index (χ4n) is 2.29. The zero-order valence-electron chi connectivity index (χ0n) is 10.7. The van der Waals surface area contributed by atoms with E-state index in [4.69, 9.17) is 5.26 Å². The molecule has 0 radical (unpaired) electrons. The summed E-state index contributed by atoms with van der Waals surface area (Å²) in [5.74, 6) is 0. The van der Waals surface area contributed by atoms with E-state index in [-0.39, 0.29) is 0 Å². The topological polar surface area (TPSA) is 23.8 Å². The molecule has 0 saturated carbocycles. The van der Waals surface area contributed by atoms with Crippen molar-refractivity contribution >= 4 is 24.1 Å². The number of rotatable bonds is 2. The van der Waals surface area contributed by atoms with Crippen LogP contribution in [0.1, 0.15) is 11.1 Å². The molecule has 1 heterocycles. The van der Waals surface area contributed by atoms with Crippen molar-refractivity contribution < 1.29 is 0 Å². The summed E-state index contributed by atoms with van der Waals surface area (Å²) in [6.07, 6.45) is 0.502. The van der Waals surface area contributed by atoms with Crippen LogP contribution in [0.25, 0.3) is 19.6 Å². The maximum atomic E-state index is 9.08. The van der Waals surface area contributed by atoms with Gasteiger partial charge in [0.05, 0.1) is 0 Å². The molecular formula is C17H13NSe. The minimum atomic E-state index is 0.317. The van der Waals surface area contributed by atoms with E-state index in [0.717, 1.165) is 0 Å². The van der Waals surface area contributed by atoms with Crippen LogP contribution < -0.4 is 0 Å². The first-order valence-corrected chi connectivity index (χ1v) is 7.95. The van der Waals surface area contributed by atoms with Gasteiger partial charge >= 0.3 is 118 Å². The molecule has 0 unspecified atom stereocenters. The number of aryl methyl sites for hydroxylation is 1. The summed E-state index contributed by atoms with van der Waals surface area (Å²) in [7, 11) is 0. The second-order valence-electron chi connectivity index (χ2n) is 4.61. The Kier molecular flexibility index (Phi) is 3.25. The molecule has 0 fully saturated rings. The van der Waals surface area contributed by atoms with E-state index in [1.54, 1.807) is 0 Å². The summed E-state index contributed by atoms with van der Waals surface area (Å²) in [5.41, 5.74) is 3.77. The standard InChI is InChI=1S/C17H13NSe/c1-12-6-8-13(9-7-12)17-15(10-11-18)14-4-2-3-5-16(14)19-17/h2-9H,10H2,1H3. The number of hydrogen-bond acceptors (Lipinski definition) is 1. The summed E-state index contributed by atoms with van der Waals surface area (Å²) >= 11 is 0.317. The van der Waals surface area contributed by atoms with E-state index in [0.29, 0.717) is 20.9 Å². The number of nitrogens with zero attached hydrogens (tertiary/aromatic N) is 1. The van der Waals surface area contributed by atoms with Gasteiger partial charge in [0.1, 0.15) is 0 Å². The molecular weight excluding hydrogens is 297 g/mol. The summed E-state index contributed by atoms with van der Waals surface area (Å²) in [4.78, 5) is 0. The molecule has 1 aromatic heterocycles. The van der Waals surface area contributed by atoms with Gasteiger partial charge in [0.15, 0.2) is 0 Å². The van der Waals surface area contributed by atoms with Crippen molar-refractivity contribution in [1.29, 1.82) is 5.26 Å². The molecule has 0 saturated heterocycles. The monoisotopic (exact) mass is 311 g/mol. The molecule has 0 atom stereocenters. The van der Waals surface area contributed by atoms with Gasteiger partial charge in [-0.15, -0.1) is 0 Å². The third kappa shape index (κ3) is 2.24. The predicted molar refractivity (Wildman–Crippen MR) is 80.4 cm³/mol. The van der Waals surface area contributed by atoms with E-state index in [1.165, 1.54) is 30.8 Å².